The minimum absolute atomic E-state index is 0.0848. The van der Waals surface area contributed by atoms with Crippen LogP contribution in [0.3, 0.4) is 0 Å². The molecule has 0 aliphatic carbocycles. The van der Waals surface area contributed by atoms with Crippen molar-refractivity contribution in [1.29, 1.82) is 0 Å². The lowest BCUT2D eigenvalue weighted by Gasteiger charge is -2.31. The monoisotopic (exact) mass is 317 g/mol. The van der Waals surface area contributed by atoms with Crippen LogP contribution in [-0.2, 0) is 11.2 Å². The van der Waals surface area contributed by atoms with Gasteiger partial charge >= 0.3 is 0 Å². The molecule has 1 fully saturated rings. The lowest BCUT2D eigenvalue weighted by Crippen LogP contribution is -2.44. The quantitative estimate of drug-likeness (QED) is 0.815. The Morgan fingerprint density at radius 1 is 1.30 bits per heavy atom. The first-order valence-corrected chi connectivity index (χ1v) is 7.37. The highest BCUT2D eigenvalue weighted by atomic mass is 35.5. The van der Waals surface area contributed by atoms with E-state index in [1.54, 1.807) is 6.07 Å². The summed E-state index contributed by atoms with van der Waals surface area (Å²) >= 11 is 11.7. The number of hydrogen-bond acceptors (Lipinski definition) is 3. The summed E-state index contributed by atoms with van der Waals surface area (Å²) in [7, 11) is 0. The molecular formula is C13H14Cl2FN3O. The third-order valence-electron chi connectivity index (χ3n) is 3.33. The van der Waals surface area contributed by atoms with Gasteiger partial charge in [0, 0.05) is 18.4 Å². The maximum atomic E-state index is 13.7. The van der Waals surface area contributed by atoms with Crippen molar-refractivity contribution < 1.29 is 9.13 Å². The van der Waals surface area contributed by atoms with Crippen LogP contribution in [0.25, 0.3) is 11.0 Å². The van der Waals surface area contributed by atoms with E-state index in [1.807, 2.05) is 4.68 Å². The van der Waals surface area contributed by atoms with Crippen molar-refractivity contribution in [2.75, 3.05) is 37.2 Å². The van der Waals surface area contributed by atoms with Gasteiger partial charge in [-0.3, -0.25) is 0 Å². The second kappa shape index (κ2) is 5.76. The predicted molar refractivity (Wildman–Crippen MR) is 77.9 cm³/mol. The average molecular weight is 318 g/mol. The summed E-state index contributed by atoms with van der Waals surface area (Å²) in [5, 5.41) is 2.19. The maximum Gasteiger partial charge on any atom is 0.144 e. The number of imidazole rings is 1. The number of nitrogens with zero attached hydrogens (tertiary/aromatic N) is 3. The summed E-state index contributed by atoms with van der Waals surface area (Å²) in [6.07, 6.45) is 0.618. The maximum absolute atomic E-state index is 13.7. The Balaban J connectivity index is 2.14. The van der Waals surface area contributed by atoms with Crippen molar-refractivity contribution >= 4 is 34.2 Å². The fourth-order valence-electron chi connectivity index (χ4n) is 2.43. The minimum Gasteiger partial charge on any atom is -0.378 e. The van der Waals surface area contributed by atoms with Gasteiger partial charge in [0.05, 0.1) is 42.4 Å². The zero-order chi connectivity index (χ0) is 14.1. The molecule has 0 bridgehead atoms. The number of benzene rings is 1. The number of rotatable bonds is 3. The SMILES string of the molecule is Fc1cc2c(cc1Cl)nc(CCCl)n2N1CCOCC1. The van der Waals surface area contributed by atoms with Gasteiger partial charge in [-0.25, -0.2) is 14.1 Å². The van der Waals surface area contributed by atoms with Gasteiger partial charge in [-0.15, -0.1) is 11.6 Å². The van der Waals surface area contributed by atoms with Gasteiger partial charge in [0.1, 0.15) is 11.6 Å². The molecule has 1 aromatic heterocycles. The molecule has 108 valence electrons. The van der Waals surface area contributed by atoms with E-state index in [-0.39, 0.29) is 5.02 Å². The average Bonchev–Trinajstić information content (AvgIpc) is 2.78. The van der Waals surface area contributed by atoms with E-state index >= 15 is 0 Å². The summed E-state index contributed by atoms with van der Waals surface area (Å²) in [4.78, 5) is 4.52. The van der Waals surface area contributed by atoms with E-state index < -0.39 is 5.82 Å². The van der Waals surface area contributed by atoms with Crippen LogP contribution >= 0.6 is 23.2 Å². The molecular weight excluding hydrogens is 304 g/mol. The molecule has 0 N–H and O–H groups in total. The Hall–Kier alpha value is -1.04. The Labute approximate surface area is 126 Å². The van der Waals surface area contributed by atoms with Crippen molar-refractivity contribution in [3.8, 4) is 0 Å². The van der Waals surface area contributed by atoms with Gasteiger partial charge in [0.15, 0.2) is 0 Å². The highest BCUT2D eigenvalue weighted by Crippen LogP contribution is 2.24. The molecule has 2 heterocycles. The van der Waals surface area contributed by atoms with Crippen LogP contribution in [0, 0.1) is 5.82 Å². The van der Waals surface area contributed by atoms with Crippen LogP contribution in [-0.4, -0.2) is 41.8 Å². The number of aryl methyl sites for hydroxylation is 1. The van der Waals surface area contributed by atoms with Crippen molar-refractivity contribution in [3.63, 3.8) is 0 Å². The molecule has 0 unspecified atom stereocenters. The number of alkyl halides is 1. The Bertz CT molecular complexity index is 626. The molecule has 1 saturated heterocycles. The standard InChI is InChI=1S/C13H14Cl2FN3O/c14-2-1-13-17-11-7-9(15)10(16)8-12(11)19(13)18-3-5-20-6-4-18/h7-8H,1-6H2. The first-order valence-electron chi connectivity index (χ1n) is 6.46. The summed E-state index contributed by atoms with van der Waals surface area (Å²) in [6, 6.07) is 2.98. The van der Waals surface area contributed by atoms with Crippen LogP contribution in [0.2, 0.25) is 5.02 Å². The number of fused-ring (bicyclic) bond motifs is 1. The van der Waals surface area contributed by atoms with Crippen molar-refractivity contribution in [1.82, 2.24) is 9.66 Å². The normalized spacial score (nSPS) is 16.1. The zero-order valence-electron chi connectivity index (χ0n) is 10.8. The van der Waals surface area contributed by atoms with E-state index in [1.165, 1.54) is 6.07 Å². The van der Waals surface area contributed by atoms with Crippen LogP contribution in [0.5, 0.6) is 0 Å². The van der Waals surface area contributed by atoms with Gasteiger partial charge in [-0.1, -0.05) is 11.6 Å². The summed E-state index contributed by atoms with van der Waals surface area (Å²) in [5.41, 5.74) is 1.40. The molecule has 7 heteroatoms. The lowest BCUT2D eigenvalue weighted by atomic mass is 10.3. The minimum atomic E-state index is -0.439. The van der Waals surface area contributed by atoms with Gasteiger partial charge in [-0.05, 0) is 6.07 Å². The van der Waals surface area contributed by atoms with E-state index in [4.69, 9.17) is 27.9 Å². The first kappa shape index (κ1) is 13.9. The summed E-state index contributed by atoms with van der Waals surface area (Å²) < 4.78 is 21.0. The molecule has 4 nitrogen and oxygen atoms in total. The van der Waals surface area contributed by atoms with E-state index in [2.05, 4.69) is 9.99 Å². The second-order valence-corrected chi connectivity index (χ2v) is 5.39. The third-order valence-corrected chi connectivity index (χ3v) is 3.81. The number of ether oxygens (including phenoxy) is 1. The number of hydrogen-bond donors (Lipinski definition) is 0. The Morgan fingerprint density at radius 2 is 2.05 bits per heavy atom. The molecule has 0 atom stereocenters. The van der Waals surface area contributed by atoms with E-state index in [0.717, 1.165) is 18.9 Å². The smallest absolute Gasteiger partial charge is 0.144 e. The van der Waals surface area contributed by atoms with Crippen molar-refractivity contribution in [2.24, 2.45) is 0 Å². The topological polar surface area (TPSA) is 30.3 Å². The number of morpholine rings is 1. The zero-order valence-corrected chi connectivity index (χ0v) is 12.3. The molecule has 0 radical (unpaired) electrons. The predicted octanol–water partition coefficient (Wildman–Crippen LogP) is 2.58. The number of aromatic nitrogens is 2. The van der Waals surface area contributed by atoms with E-state index in [0.29, 0.717) is 36.5 Å². The van der Waals surface area contributed by atoms with Gasteiger partial charge in [-0.2, -0.15) is 0 Å². The van der Waals surface area contributed by atoms with Crippen LogP contribution in [0.4, 0.5) is 4.39 Å². The van der Waals surface area contributed by atoms with Gasteiger partial charge in [0.25, 0.3) is 0 Å². The fourth-order valence-corrected chi connectivity index (χ4v) is 2.75. The van der Waals surface area contributed by atoms with E-state index in [9.17, 15) is 4.39 Å². The van der Waals surface area contributed by atoms with Crippen molar-refractivity contribution in [3.05, 3.63) is 28.8 Å². The van der Waals surface area contributed by atoms with Gasteiger partial charge in [0.2, 0.25) is 0 Å². The molecule has 0 amide bonds. The molecule has 3 rings (SSSR count). The third kappa shape index (κ3) is 2.45. The van der Waals surface area contributed by atoms with Crippen LogP contribution < -0.4 is 5.01 Å². The summed E-state index contributed by atoms with van der Waals surface area (Å²) in [5.74, 6) is 0.841. The highest BCUT2D eigenvalue weighted by molar-refractivity contribution is 6.31. The molecule has 1 aliphatic heterocycles. The van der Waals surface area contributed by atoms with Crippen LogP contribution in [0.15, 0.2) is 12.1 Å². The first-order chi connectivity index (χ1) is 9.70. The molecule has 0 spiro atoms. The fraction of sp³-hybridized carbons (Fsp3) is 0.462. The molecule has 0 saturated carbocycles. The molecule has 1 aliphatic rings. The molecule has 2 aromatic rings. The second-order valence-electron chi connectivity index (χ2n) is 4.60. The molecule has 20 heavy (non-hydrogen) atoms. The Kier molecular flexibility index (Phi) is 4.01. The number of halogens is 3. The van der Waals surface area contributed by atoms with Crippen molar-refractivity contribution in [2.45, 2.75) is 6.42 Å². The lowest BCUT2D eigenvalue weighted by molar-refractivity contribution is 0.111. The van der Waals surface area contributed by atoms with Gasteiger partial charge < -0.3 is 9.75 Å². The largest absolute Gasteiger partial charge is 0.378 e. The highest BCUT2D eigenvalue weighted by Gasteiger charge is 2.19. The molecule has 1 aromatic carbocycles. The van der Waals surface area contributed by atoms with Crippen LogP contribution in [0.1, 0.15) is 5.82 Å². The summed E-state index contributed by atoms with van der Waals surface area (Å²) in [6.45, 7) is 2.78. The Morgan fingerprint density at radius 3 is 2.75 bits per heavy atom.